The fraction of sp³-hybridized carbons (Fsp3) is 1.00. The van der Waals surface area contributed by atoms with Gasteiger partial charge in [-0.3, -0.25) is 0 Å². The lowest BCUT2D eigenvalue weighted by Crippen LogP contribution is -2.33. The Morgan fingerprint density at radius 1 is 1.12 bits per heavy atom. The Bertz CT molecular complexity index is 256. The highest BCUT2D eigenvalue weighted by Crippen LogP contribution is 2.14. The molecule has 0 bridgehead atoms. The van der Waals surface area contributed by atoms with Crippen molar-refractivity contribution in [2.45, 2.75) is 37.5 Å². The first kappa shape index (κ1) is 1.18. The van der Waals surface area contributed by atoms with E-state index in [2.05, 4.69) is 0 Å². The molecule has 0 atom stereocenters. The Labute approximate surface area is 64.3 Å². The van der Waals surface area contributed by atoms with Crippen LogP contribution in [0.2, 0.25) is 0 Å². The van der Waals surface area contributed by atoms with Crippen LogP contribution in [0.4, 0.5) is 0 Å². The van der Waals surface area contributed by atoms with Crippen molar-refractivity contribution in [1.29, 1.82) is 0 Å². The summed E-state index contributed by atoms with van der Waals surface area (Å²) in [6.07, 6.45) is -13.4. The van der Waals surface area contributed by atoms with Gasteiger partial charge in [-0.2, -0.15) is 0 Å². The van der Waals surface area contributed by atoms with Crippen LogP contribution in [0, 0.1) is 0 Å². The van der Waals surface area contributed by atoms with Crippen LogP contribution in [0.25, 0.3) is 0 Å². The molecule has 0 aromatic rings. The van der Waals surface area contributed by atoms with Crippen molar-refractivity contribution in [3.8, 4) is 0 Å². The highest BCUT2D eigenvalue weighted by Gasteiger charge is 2.13. The molecule has 1 aliphatic carbocycles. The molecule has 0 aromatic heterocycles. The minimum absolute atomic E-state index is 3.24. The Kier molecular flexibility index (Phi) is 0.364. The van der Waals surface area contributed by atoms with E-state index in [-0.39, 0.29) is 0 Å². The van der Waals surface area contributed by atoms with E-state index < -0.39 is 37.5 Å². The smallest absolute Gasteiger partial charge is 0.0462 e. The van der Waals surface area contributed by atoms with Gasteiger partial charge in [0.1, 0.15) is 0 Å². The van der Waals surface area contributed by atoms with Gasteiger partial charge in [0, 0.05) is 25.7 Å². The van der Waals surface area contributed by atoms with Crippen molar-refractivity contribution in [1.82, 2.24) is 0 Å². The van der Waals surface area contributed by atoms with E-state index in [0.717, 1.165) is 0 Å². The van der Waals surface area contributed by atoms with Crippen LogP contribution in [0.3, 0.4) is 0 Å². The molecule has 1 aliphatic rings. The van der Waals surface area contributed by atoms with Crippen molar-refractivity contribution in [2.75, 3.05) is 0 Å². The van der Waals surface area contributed by atoms with Crippen LogP contribution in [-0.2, 0) is 0 Å². The summed E-state index contributed by atoms with van der Waals surface area (Å²) in [4.78, 5) is 0. The maximum absolute atomic E-state index is 7.53. The molecule has 0 unspecified atom stereocenters. The van der Waals surface area contributed by atoms with Crippen LogP contribution >= 0.6 is 0 Å². The van der Waals surface area contributed by atoms with Gasteiger partial charge in [-0.1, -0.05) is 0 Å². The third-order valence-electron chi connectivity index (χ3n) is 0.664. The van der Waals surface area contributed by atoms with E-state index in [1.807, 2.05) is 0 Å². The summed E-state index contributed by atoms with van der Waals surface area (Å²) in [6.45, 7) is 0. The first-order valence-electron chi connectivity index (χ1n) is 7.08. The highest BCUT2D eigenvalue weighted by atomic mass is 14.7. The molecular weight excluding hydrogens is 100 g/mol. The lowest BCUT2D eigenvalue weighted by atomic mass is 9.93. The summed E-state index contributed by atoms with van der Waals surface area (Å²) >= 11 is 0. The molecule has 0 heterocycles. The maximum atomic E-state index is 7.53. The van der Waals surface area contributed by atoms with Gasteiger partial charge in [-0.05, 0) is 25.5 Å². The molecule has 1 rings (SSSR count). The van der Waals surface area contributed by atoms with Gasteiger partial charge in [0.25, 0.3) is 0 Å². The molecule has 4 N–H and O–H groups in total. The van der Waals surface area contributed by atoms with Gasteiger partial charge in [-0.15, -0.1) is 0 Å². The fourth-order valence-corrected chi connectivity index (χ4v) is 0.332. The quantitative estimate of drug-likeness (QED) is 0.485. The van der Waals surface area contributed by atoms with Crippen LogP contribution in [0.15, 0.2) is 0 Å². The summed E-state index contributed by atoms with van der Waals surface area (Å²) in [5.74, 6) is 0. The molecule has 0 spiro atoms. The monoisotopic (exact) mass is 124 g/mol. The van der Waals surface area contributed by atoms with Gasteiger partial charge in [0.05, 0.1) is 0 Å². The Balaban J connectivity index is 3.72. The van der Waals surface area contributed by atoms with E-state index in [4.69, 9.17) is 25.2 Å². The third kappa shape index (κ3) is 1.46. The lowest BCUT2D eigenvalue weighted by Gasteiger charge is -2.22. The van der Waals surface area contributed by atoms with Crippen molar-refractivity contribution >= 4 is 0 Å². The van der Waals surface area contributed by atoms with Gasteiger partial charge in [0.2, 0.25) is 0 Å². The predicted octanol–water partition coefficient (Wildman–Crippen LogP) is 0.215. The predicted molar refractivity (Wildman–Crippen MR) is 34.4 cm³/mol. The van der Waals surface area contributed by atoms with Gasteiger partial charge in [-0.25, -0.2) is 0 Å². The molecule has 0 amide bonds. The zero-order valence-corrected chi connectivity index (χ0v) is 4.15. The average Bonchev–Trinajstić information content (AvgIpc) is 2.14. The second-order valence-corrected chi connectivity index (χ2v) is 1.33. The van der Waals surface area contributed by atoms with E-state index in [1.54, 1.807) is 0 Å². The Morgan fingerprint density at radius 3 is 1.62 bits per heavy atom. The summed E-state index contributed by atoms with van der Waals surface area (Å²) < 4.78 is 75.0. The topological polar surface area (TPSA) is 52.0 Å². The normalized spacial score (nSPS) is 102. The average molecular weight is 124 g/mol. The second kappa shape index (κ2) is 2.46. The van der Waals surface area contributed by atoms with Crippen LogP contribution in [-0.4, -0.2) is 12.0 Å². The second-order valence-electron chi connectivity index (χ2n) is 1.33. The lowest BCUT2D eigenvalue weighted by molar-refractivity contribution is 0.395. The zero-order valence-electron chi connectivity index (χ0n) is 14.2. The van der Waals surface area contributed by atoms with Gasteiger partial charge < -0.3 is 11.5 Å². The van der Waals surface area contributed by atoms with E-state index in [9.17, 15) is 0 Å². The summed E-state index contributed by atoms with van der Waals surface area (Å²) in [7, 11) is 0. The van der Waals surface area contributed by atoms with Crippen molar-refractivity contribution < 1.29 is 13.7 Å². The molecule has 1 fully saturated rings. The molecule has 1 saturated carbocycles. The first-order chi connectivity index (χ1) is 7.50. The van der Waals surface area contributed by atoms with E-state index in [1.165, 1.54) is 0 Å². The molecule has 0 saturated heterocycles. The van der Waals surface area contributed by atoms with Crippen molar-refractivity contribution in [3.05, 3.63) is 0 Å². The Morgan fingerprint density at radius 2 is 1.38 bits per heavy atom. The van der Waals surface area contributed by atoms with Gasteiger partial charge in [0.15, 0.2) is 0 Å². The minimum atomic E-state index is -3.36. The first-order valence-corrected chi connectivity index (χ1v) is 2.08. The number of nitrogens with two attached hydrogens (primary N) is 2. The standard InChI is InChI=1S/C6H14N2/c7-5-1-2-6(8)4-3-5/h5-6H,1-4,7-8H2/i1D2,2D2,3D2,4D2,5D,6D. The molecule has 0 radical (unpaired) electrons. The molecule has 2 nitrogen and oxygen atoms in total. The van der Waals surface area contributed by atoms with Crippen LogP contribution < -0.4 is 11.5 Å². The summed E-state index contributed by atoms with van der Waals surface area (Å²) in [5.41, 5.74) is 10.4. The summed E-state index contributed by atoms with van der Waals surface area (Å²) in [6, 6.07) is -6.48. The molecule has 0 aliphatic heterocycles. The van der Waals surface area contributed by atoms with Crippen LogP contribution in [0.1, 0.15) is 39.2 Å². The van der Waals surface area contributed by atoms with Crippen LogP contribution in [0.5, 0.6) is 0 Å². The van der Waals surface area contributed by atoms with Crippen molar-refractivity contribution in [3.63, 3.8) is 0 Å². The third-order valence-corrected chi connectivity index (χ3v) is 0.664. The van der Waals surface area contributed by atoms with Crippen molar-refractivity contribution in [2.24, 2.45) is 11.5 Å². The SMILES string of the molecule is [2H]C1([2H])C([2H])([2H])C([2H])(N)C([2H])([2H])C([2H])([2H])C1([2H])N. The molecule has 0 aromatic carbocycles. The number of rotatable bonds is 0. The zero-order chi connectivity index (χ0) is 15.0. The number of hydrogen-bond donors (Lipinski definition) is 2. The molecule has 8 heavy (non-hydrogen) atoms. The number of hydrogen-bond acceptors (Lipinski definition) is 2. The van der Waals surface area contributed by atoms with E-state index >= 15 is 0 Å². The highest BCUT2D eigenvalue weighted by molar-refractivity contribution is 4.75. The molecule has 48 valence electrons. The van der Waals surface area contributed by atoms with E-state index in [0.29, 0.717) is 0 Å². The fourth-order valence-electron chi connectivity index (χ4n) is 0.332. The summed E-state index contributed by atoms with van der Waals surface area (Å²) in [5, 5.41) is 0. The molecular formula is C6H14N2. The maximum Gasteiger partial charge on any atom is 0.0462 e. The Hall–Kier alpha value is -0.0800. The molecule has 2 heteroatoms. The largest absolute Gasteiger partial charge is 0.328 e. The van der Waals surface area contributed by atoms with Gasteiger partial charge >= 0.3 is 0 Å². The minimum Gasteiger partial charge on any atom is -0.328 e.